The molecule has 7 heteroatoms. The second-order valence-electron chi connectivity index (χ2n) is 5.38. The summed E-state index contributed by atoms with van der Waals surface area (Å²) in [5.74, 6) is 1.09. The van der Waals surface area contributed by atoms with Crippen molar-refractivity contribution in [3.63, 3.8) is 0 Å². The largest absolute Gasteiger partial charge is 0.360 e. The van der Waals surface area contributed by atoms with E-state index in [1.54, 1.807) is 24.3 Å². The van der Waals surface area contributed by atoms with E-state index in [4.69, 9.17) is 4.52 Å². The SMILES string of the molecule is Cc1cc(NC(=O)C2CN(c3nc4ccccc4s3)C2)no1. The zero-order chi connectivity index (χ0) is 15.1. The molecule has 0 atom stereocenters. The number of nitrogens with one attached hydrogen (secondary N) is 1. The van der Waals surface area contributed by atoms with Gasteiger partial charge in [-0.15, -0.1) is 0 Å². The minimum absolute atomic E-state index is 0.0225. The zero-order valence-electron chi connectivity index (χ0n) is 11.9. The van der Waals surface area contributed by atoms with E-state index in [-0.39, 0.29) is 11.8 Å². The van der Waals surface area contributed by atoms with E-state index in [2.05, 4.69) is 26.4 Å². The van der Waals surface area contributed by atoms with Crippen LogP contribution in [0.25, 0.3) is 10.2 Å². The van der Waals surface area contributed by atoms with Gasteiger partial charge >= 0.3 is 0 Å². The summed E-state index contributed by atoms with van der Waals surface area (Å²) in [6.45, 7) is 3.16. The highest BCUT2D eigenvalue weighted by atomic mass is 32.1. The minimum atomic E-state index is -0.0379. The Labute approximate surface area is 130 Å². The summed E-state index contributed by atoms with van der Waals surface area (Å²) in [5.41, 5.74) is 1.01. The van der Waals surface area contributed by atoms with Crippen molar-refractivity contribution >= 4 is 38.4 Å². The third-order valence-corrected chi connectivity index (χ3v) is 4.78. The van der Waals surface area contributed by atoms with Crippen LogP contribution in [0.1, 0.15) is 5.76 Å². The molecule has 112 valence electrons. The fourth-order valence-corrected chi connectivity index (χ4v) is 3.43. The molecular formula is C15H14N4O2S. The molecule has 1 aromatic carbocycles. The molecule has 0 radical (unpaired) electrons. The molecule has 3 aromatic rings. The quantitative estimate of drug-likeness (QED) is 0.805. The molecule has 0 unspecified atom stereocenters. The van der Waals surface area contributed by atoms with Gasteiger partial charge in [-0.2, -0.15) is 0 Å². The Hall–Kier alpha value is -2.41. The number of nitrogens with zero attached hydrogens (tertiary/aromatic N) is 3. The lowest BCUT2D eigenvalue weighted by molar-refractivity contribution is -0.120. The number of carbonyl (C=O) groups is 1. The summed E-state index contributed by atoms with van der Waals surface area (Å²) in [5, 5.41) is 7.52. The van der Waals surface area contributed by atoms with Gasteiger partial charge in [0.15, 0.2) is 10.9 Å². The Morgan fingerprint density at radius 2 is 2.23 bits per heavy atom. The first-order chi connectivity index (χ1) is 10.7. The second kappa shape index (κ2) is 5.10. The first-order valence-corrected chi connectivity index (χ1v) is 7.85. The molecule has 1 amide bonds. The second-order valence-corrected chi connectivity index (χ2v) is 6.39. The Morgan fingerprint density at radius 1 is 1.41 bits per heavy atom. The number of fused-ring (bicyclic) bond motifs is 1. The van der Waals surface area contributed by atoms with Gasteiger partial charge in [0.05, 0.1) is 16.1 Å². The summed E-state index contributed by atoms with van der Waals surface area (Å²) < 4.78 is 6.11. The van der Waals surface area contributed by atoms with Gasteiger partial charge in [0.2, 0.25) is 5.91 Å². The summed E-state index contributed by atoms with van der Waals surface area (Å²) in [6, 6.07) is 9.77. The lowest BCUT2D eigenvalue weighted by Gasteiger charge is -2.37. The third kappa shape index (κ3) is 2.33. The topological polar surface area (TPSA) is 71.3 Å². The van der Waals surface area contributed by atoms with E-state index in [0.717, 1.165) is 10.6 Å². The highest BCUT2D eigenvalue weighted by molar-refractivity contribution is 7.22. The minimum Gasteiger partial charge on any atom is -0.360 e. The number of hydrogen-bond donors (Lipinski definition) is 1. The van der Waals surface area contributed by atoms with Crippen LogP contribution in [0, 0.1) is 12.8 Å². The average molecular weight is 314 g/mol. The lowest BCUT2D eigenvalue weighted by Crippen LogP contribution is -2.52. The Kier molecular flexibility index (Phi) is 3.07. The maximum Gasteiger partial charge on any atom is 0.232 e. The predicted molar refractivity (Wildman–Crippen MR) is 85.2 cm³/mol. The normalized spacial score (nSPS) is 15.0. The Morgan fingerprint density at radius 3 is 2.95 bits per heavy atom. The Bertz CT molecular complexity index is 802. The molecule has 0 saturated carbocycles. The number of hydrogen-bond acceptors (Lipinski definition) is 6. The summed E-state index contributed by atoms with van der Waals surface area (Å²) >= 11 is 1.66. The average Bonchev–Trinajstić information content (AvgIpc) is 3.03. The number of anilines is 2. The van der Waals surface area contributed by atoms with Crippen molar-refractivity contribution in [1.29, 1.82) is 0 Å². The zero-order valence-corrected chi connectivity index (χ0v) is 12.8. The van der Waals surface area contributed by atoms with Gasteiger partial charge in [-0.05, 0) is 19.1 Å². The summed E-state index contributed by atoms with van der Waals surface area (Å²) in [7, 11) is 0. The predicted octanol–water partition coefficient (Wildman–Crippen LogP) is 2.67. The van der Waals surface area contributed by atoms with Crippen LogP contribution in [-0.4, -0.2) is 29.1 Å². The molecule has 4 rings (SSSR count). The highest BCUT2D eigenvalue weighted by Crippen LogP contribution is 2.33. The van der Waals surface area contributed by atoms with Crippen molar-refractivity contribution in [1.82, 2.24) is 10.1 Å². The maximum absolute atomic E-state index is 12.1. The number of para-hydroxylation sites is 1. The number of rotatable bonds is 3. The molecule has 2 aromatic heterocycles. The van der Waals surface area contributed by atoms with Crippen LogP contribution >= 0.6 is 11.3 Å². The van der Waals surface area contributed by atoms with Crippen molar-refractivity contribution in [3.8, 4) is 0 Å². The maximum atomic E-state index is 12.1. The van der Waals surface area contributed by atoms with Gasteiger partial charge in [-0.3, -0.25) is 4.79 Å². The number of thiazole rings is 1. The van der Waals surface area contributed by atoms with E-state index < -0.39 is 0 Å². The standard InChI is InChI=1S/C15H14N4O2S/c1-9-6-13(18-21-9)17-14(20)10-7-19(8-10)15-16-11-4-2-3-5-12(11)22-15/h2-6,10H,7-8H2,1H3,(H,17,18,20). The number of aryl methyl sites for hydroxylation is 1. The first kappa shape index (κ1) is 13.3. The van der Waals surface area contributed by atoms with Crippen molar-refractivity contribution in [2.75, 3.05) is 23.3 Å². The molecule has 0 bridgehead atoms. The van der Waals surface area contributed by atoms with Crippen LogP contribution < -0.4 is 10.2 Å². The van der Waals surface area contributed by atoms with Crippen molar-refractivity contribution in [3.05, 3.63) is 36.1 Å². The Balaban J connectivity index is 1.40. The molecule has 3 heterocycles. The van der Waals surface area contributed by atoms with Gasteiger partial charge < -0.3 is 14.7 Å². The number of carbonyl (C=O) groups excluding carboxylic acids is 1. The van der Waals surface area contributed by atoms with Crippen LogP contribution in [0.4, 0.5) is 10.9 Å². The molecule has 22 heavy (non-hydrogen) atoms. The van der Waals surface area contributed by atoms with Crippen LogP contribution in [0.5, 0.6) is 0 Å². The first-order valence-electron chi connectivity index (χ1n) is 7.04. The van der Waals surface area contributed by atoms with Crippen LogP contribution in [0.2, 0.25) is 0 Å². The van der Waals surface area contributed by atoms with Crippen molar-refractivity contribution in [2.45, 2.75) is 6.92 Å². The van der Waals surface area contributed by atoms with Gasteiger partial charge in [-0.25, -0.2) is 4.98 Å². The smallest absolute Gasteiger partial charge is 0.232 e. The molecule has 1 saturated heterocycles. The van der Waals surface area contributed by atoms with E-state index in [1.165, 1.54) is 4.70 Å². The van der Waals surface area contributed by atoms with E-state index in [0.29, 0.717) is 24.7 Å². The summed E-state index contributed by atoms with van der Waals surface area (Å²) in [4.78, 5) is 18.8. The monoisotopic (exact) mass is 314 g/mol. The number of amides is 1. The molecule has 0 spiro atoms. The van der Waals surface area contributed by atoms with Gasteiger partial charge in [0, 0.05) is 19.2 Å². The van der Waals surface area contributed by atoms with Crippen LogP contribution in [0.3, 0.4) is 0 Å². The molecular weight excluding hydrogens is 300 g/mol. The van der Waals surface area contributed by atoms with Gasteiger partial charge in [0.1, 0.15) is 5.76 Å². The van der Waals surface area contributed by atoms with Crippen molar-refractivity contribution < 1.29 is 9.32 Å². The fourth-order valence-electron chi connectivity index (χ4n) is 2.45. The fraction of sp³-hybridized carbons (Fsp3) is 0.267. The molecule has 1 aliphatic heterocycles. The number of benzene rings is 1. The highest BCUT2D eigenvalue weighted by Gasteiger charge is 2.34. The van der Waals surface area contributed by atoms with Crippen molar-refractivity contribution in [2.24, 2.45) is 5.92 Å². The van der Waals surface area contributed by atoms with E-state index >= 15 is 0 Å². The summed E-state index contributed by atoms with van der Waals surface area (Å²) in [6.07, 6.45) is 0. The van der Waals surface area contributed by atoms with Crippen LogP contribution in [-0.2, 0) is 4.79 Å². The molecule has 1 fully saturated rings. The molecule has 1 N–H and O–H groups in total. The van der Waals surface area contributed by atoms with Gasteiger partial charge in [0.25, 0.3) is 0 Å². The molecule has 6 nitrogen and oxygen atoms in total. The molecule has 0 aliphatic carbocycles. The molecule has 1 aliphatic rings. The number of aromatic nitrogens is 2. The van der Waals surface area contributed by atoms with E-state index in [9.17, 15) is 4.79 Å². The third-order valence-electron chi connectivity index (χ3n) is 3.68. The van der Waals surface area contributed by atoms with Crippen LogP contribution in [0.15, 0.2) is 34.9 Å². The van der Waals surface area contributed by atoms with Gasteiger partial charge in [-0.1, -0.05) is 28.6 Å². The lowest BCUT2D eigenvalue weighted by atomic mass is 10.0. The van der Waals surface area contributed by atoms with E-state index in [1.807, 2.05) is 18.2 Å².